The smallest absolute Gasteiger partial charge is 0.309 e. The van der Waals surface area contributed by atoms with Crippen LogP contribution >= 0.6 is 0 Å². The van der Waals surface area contributed by atoms with Crippen molar-refractivity contribution in [2.75, 3.05) is 6.61 Å². The monoisotopic (exact) mass is 901 g/mol. The van der Waals surface area contributed by atoms with Gasteiger partial charge in [-0.05, 0) is 24.0 Å². The molecule has 0 bridgehead atoms. The molecular formula is C55H80O10. The molecule has 3 aromatic carbocycles. The van der Waals surface area contributed by atoms with E-state index in [4.69, 9.17) is 33.2 Å². The number of fused-ring (bicyclic) bond motifs is 1. The number of rotatable bonds is 33. The van der Waals surface area contributed by atoms with E-state index in [9.17, 15) is 14.7 Å². The summed E-state index contributed by atoms with van der Waals surface area (Å²) < 4.78 is 43.7. The summed E-state index contributed by atoms with van der Waals surface area (Å²) in [6.07, 6.45) is 15.4. The maximum atomic E-state index is 14.1. The molecule has 0 saturated carbocycles. The average Bonchev–Trinajstić information content (AvgIpc) is 3.33. The predicted molar refractivity (Wildman–Crippen MR) is 254 cm³/mol. The van der Waals surface area contributed by atoms with Gasteiger partial charge >= 0.3 is 11.9 Å². The van der Waals surface area contributed by atoms with Crippen LogP contribution in [0.2, 0.25) is 0 Å². The fraction of sp³-hybridized carbons (Fsp3) is 0.636. The first-order chi connectivity index (χ1) is 31.9. The minimum Gasteiger partial charge on any atom is -0.455 e. The molecule has 2 unspecified atom stereocenters. The molecule has 2 heterocycles. The van der Waals surface area contributed by atoms with E-state index in [0.717, 1.165) is 55.2 Å². The highest BCUT2D eigenvalue weighted by atomic mass is 16.7. The van der Waals surface area contributed by atoms with Crippen molar-refractivity contribution in [1.82, 2.24) is 0 Å². The highest BCUT2D eigenvalue weighted by Gasteiger charge is 2.53. The van der Waals surface area contributed by atoms with Crippen molar-refractivity contribution >= 4 is 11.9 Å². The standard InChI is InChI=1S/C55H80O10/c1-3-5-7-9-11-13-15-17-28-36-46(59-40-43-30-22-19-23-31-43)38-49(56)63-52-51-48(42-61-55(65-51)45-34-26-21-27-35-45)62-54(58)53(52)64-50(57)39-47(60-41-44-32-24-20-25-33-44)37-29-18-16-14-12-10-8-6-4-2/h19-27,30-35,46-48,51-55,58H,3-18,28-29,36-42H2,1-2H3/t46-,47-,48-,51-,52+,53-,54?,55?/m1/s1. The summed E-state index contributed by atoms with van der Waals surface area (Å²) in [7, 11) is 0. The highest BCUT2D eigenvalue weighted by Crippen LogP contribution is 2.36. The SMILES string of the molecule is CCCCCCCCCCC[C@H](CC(=O)O[C@H]1[C@@H]2OC(c3ccccc3)OC[C@H]2OC(O)[C@@H]1OC(=O)C[C@@H](CCCCCCCCCCC)OCc1ccccc1)OCc1ccccc1. The van der Waals surface area contributed by atoms with E-state index in [1.54, 1.807) is 0 Å². The number of hydrogen-bond donors (Lipinski definition) is 1. The molecule has 10 heteroatoms. The van der Waals surface area contributed by atoms with Crippen LogP contribution in [0.3, 0.4) is 0 Å². The van der Waals surface area contributed by atoms with Crippen molar-refractivity contribution < 1.29 is 47.9 Å². The van der Waals surface area contributed by atoms with Crippen molar-refractivity contribution in [3.05, 3.63) is 108 Å². The highest BCUT2D eigenvalue weighted by molar-refractivity contribution is 5.71. The lowest BCUT2D eigenvalue weighted by atomic mass is 9.97. The van der Waals surface area contributed by atoms with Crippen LogP contribution in [-0.2, 0) is 56.0 Å². The summed E-state index contributed by atoms with van der Waals surface area (Å²) in [5, 5.41) is 11.5. The number of esters is 2. The molecule has 0 aliphatic carbocycles. The summed E-state index contributed by atoms with van der Waals surface area (Å²) in [4.78, 5) is 28.1. The zero-order chi connectivity index (χ0) is 45.7. The minimum absolute atomic E-state index is 0.0118. The summed E-state index contributed by atoms with van der Waals surface area (Å²) in [6, 6.07) is 29.3. The Morgan fingerprint density at radius 2 is 0.969 bits per heavy atom. The number of aliphatic hydroxyl groups excluding tert-OH is 1. The third-order valence-electron chi connectivity index (χ3n) is 12.6. The second-order valence-electron chi connectivity index (χ2n) is 18.1. The van der Waals surface area contributed by atoms with Crippen LogP contribution in [-0.4, -0.2) is 66.6 Å². The number of unbranched alkanes of at least 4 members (excludes halogenated alkanes) is 16. The van der Waals surface area contributed by atoms with Crippen molar-refractivity contribution in [3.63, 3.8) is 0 Å². The van der Waals surface area contributed by atoms with Gasteiger partial charge in [0.25, 0.3) is 0 Å². The fourth-order valence-corrected chi connectivity index (χ4v) is 8.80. The Kier molecular flexibility index (Phi) is 25.2. The van der Waals surface area contributed by atoms with Gasteiger partial charge in [0.15, 0.2) is 24.8 Å². The molecule has 360 valence electrons. The van der Waals surface area contributed by atoms with Crippen LogP contribution in [0.15, 0.2) is 91.0 Å². The van der Waals surface area contributed by atoms with Crippen molar-refractivity contribution in [2.45, 2.75) is 218 Å². The van der Waals surface area contributed by atoms with Crippen LogP contribution in [0.5, 0.6) is 0 Å². The van der Waals surface area contributed by atoms with Crippen molar-refractivity contribution in [2.24, 2.45) is 0 Å². The summed E-state index contributed by atoms with van der Waals surface area (Å²) in [5.41, 5.74) is 2.81. The summed E-state index contributed by atoms with van der Waals surface area (Å²) >= 11 is 0. The molecule has 2 aliphatic rings. The van der Waals surface area contributed by atoms with E-state index >= 15 is 0 Å². The van der Waals surface area contributed by atoms with Crippen molar-refractivity contribution in [1.29, 1.82) is 0 Å². The van der Waals surface area contributed by atoms with Crippen LogP contribution in [0.4, 0.5) is 0 Å². The van der Waals surface area contributed by atoms with E-state index < -0.39 is 61.1 Å². The zero-order valence-corrected chi connectivity index (χ0v) is 39.6. The number of hydrogen-bond acceptors (Lipinski definition) is 10. The molecule has 0 amide bonds. The van der Waals surface area contributed by atoms with Gasteiger partial charge in [-0.1, -0.05) is 220 Å². The molecule has 1 N–H and O–H groups in total. The lowest BCUT2D eigenvalue weighted by Crippen LogP contribution is -2.64. The third kappa shape index (κ3) is 20.0. The summed E-state index contributed by atoms with van der Waals surface area (Å²) in [5.74, 6) is -1.11. The lowest BCUT2D eigenvalue weighted by Gasteiger charge is -2.47. The van der Waals surface area contributed by atoms with E-state index in [0.29, 0.717) is 26.1 Å². The van der Waals surface area contributed by atoms with Crippen LogP contribution in [0, 0.1) is 0 Å². The number of benzene rings is 3. The molecule has 10 nitrogen and oxygen atoms in total. The molecule has 2 saturated heterocycles. The topological polar surface area (TPSA) is 119 Å². The first-order valence-electron chi connectivity index (χ1n) is 25.3. The average molecular weight is 901 g/mol. The second-order valence-corrected chi connectivity index (χ2v) is 18.1. The van der Waals surface area contributed by atoms with Gasteiger partial charge in [0.2, 0.25) is 0 Å². The molecule has 0 aromatic heterocycles. The number of aliphatic hydroxyl groups is 1. The van der Waals surface area contributed by atoms with Crippen LogP contribution in [0.1, 0.15) is 178 Å². The quantitative estimate of drug-likeness (QED) is 0.0467. The van der Waals surface area contributed by atoms with Gasteiger partial charge in [0.05, 0.1) is 44.9 Å². The van der Waals surface area contributed by atoms with Gasteiger partial charge in [0, 0.05) is 5.56 Å². The predicted octanol–water partition coefficient (Wildman–Crippen LogP) is 12.4. The normalized spacial score (nSPS) is 21.6. The van der Waals surface area contributed by atoms with Gasteiger partial charge in [-0.25, -0.2) is 0 Å². The van der Waals surface area contributed by atoms with E-state index in [2.05, 4.69) is 13.8 Å². The maximum Gasteiger partial charge on any atom is 0.309 e. The fourth-order valence-electron chi connectivity index (χ4n) is 8.80. The lowest BCUT2D eigenvalue weighted by molar-refractivity contribution is -0.356. The largest absolute Gasteiger partial charge is 0.455 e. The van der Waals surface area contributed by atoms with Crippen LogP contribution < -0.4 is 0 Å². The van der Waals surface area contributed by atoms with E-state index in [1.165, 1.54) is 77.0 Å². The zero-order valence-electron chi connectivity index (χ0n) is 39.6. The molecule has 0 spiro atoms. The van der Waals surface area contributed by atoms with Gasteiger partial charge < -0.3 is 38.3 Å². The summed E-state index contributed by atoms with van der Waals surface area (Å²) in [6.45, 7) is 5.27. The molecule has 5 rings (SSSR count). The van der Waals surface area contributed by atoms with E-state index in [-0.39, 0.29) is 19.4 Å². The maximum absolute atomic E-state index is 14.1. The molecule has 0 radical (unpaired) electrons. The Morgan fingerprint density at radius 3 is 1.43 bits per heavy atom. The van der Waals surface area contributed by atoms with Crippen LogP contribution in [0.25, 0.3) is 0 Å². The number of ether oxygens (including phenoxy) is 7. The number of carbonyl (C=O) groups excluding carboxylic acids is 2. The molecular weight excluding hydrogens is 821 g/mol. The Bertz CT molecular complexity index is 1680. The van der Waals surface area contributed by atoms with Gasteiger partial charge in [-0.2, -0.15) is 0 Å². The van der Waals surface area contributed by atoms with Gasteiger partial charge in [-0.3, -0.25) is 9.59 Å². The first kappa shape index (κ1) is 52.3. The minimum atomic E-state index is -1.59. The third-order valence-corrected chi connectivity index (χ3v) is 12.6. The van der Waals surface area contributed by atoms with Gasteiger partial charge in [0.1, 0.15) is 12.2 Å². The van der Waals surface area contributed by atoms with E-state index in [1.807, 2.05) is 91.0 Å². The van der Waals surface area contributed by atoms with Crippen molar-refractivity contribution in [3.8, 4) is 0 Å². The molecule has 2 fully saturated rings. The molecule has 8 atom stereocenters. The Labute approximate surface area is 390 Å². The van der Waals surface area contributed by atoms with Gasteiger partial charge in [-0.15, -0.1) is 0 Å². The molecule has 65 heavy (non-hydrogen) atoms. The Hall–Kier alpha value is -3.64. The number of carbonyl (C=O) groups is 2. The first-order valence-corrected chi connectivity index (χ1v) is 25.3. The Morgan fingerprint density at radius 1 is 0.554 bits per heavy atom. The Balaban J connectivity index is 1.25. The second kappa shape index (κ2) is 31.4. The molecule has 2 aliphatic heterocycles. The molecule has 3 aromatic rings.